The van der Waals surface area contributed by atoms with Crippen molar-refractivity contribution in [2.45, 2.75) is 19.3 Å². The zero-order valence-electron chi connectivity index (χ0n) is 10.3. The van der Waals surface area contributed by atoms with Gasteiger partial charge in [0.05, 0.1) is 12.2 Å². The van der Waals surface area contributed by atoms with Gasteiger partial charge in [-0.05, 0) is 72.4 Å². The monoisotopic (exact) mass is 308 g/mol. The van der Waals surface area contributed by atoms with Crippen LogP contribution in [0.4, 0.5) is 0 Å². The van der Waals surface area contributed by atoms with Gasteiger partial charge in [0.1, 0.15) is 11.8 Å². The molecule has 1 unspecified atom stereocenters. The molecule has 4 heteroatoms. The molecule has 1 saturated heterocycles. The molecule has 1 fully saturated rings. The smallest absolute Gasteiger partial charge is 0.120 e. The number of hydrogen-bond acceptors (Lipinski definition) is 3. The summed E-state index contributed by atoms with van der Waals surface area (Å²) >= 11 is 3.36. The van der Waals surface area contributed by atoms with Crippen molar-refractivity contribution in [3.05, 3.63) is 28.2 Å². The first-order chi connectivity index (χ1) is 8.79. The van der Waals surface area contributed by atoms with E-state index in [1.807, 2.05) is 12.1 Å². The summed E-state index contributed by atoms with van der Waals surface area (Å²) in [6.45, 7) is 3.00. The number of nitriles is 1. The molecular weight excluding hydrogens is 292 g/mol. The minimum absolute atomic E-state index is 0.638. The van der Waals surface area contributed by atoms with E-state index in [0.29, 0.717) is 5.56 Å². The van der Waals surface area contributed by atoms with Crippen LogP contribution in [0.3, 0.4) is 0 Å². The molecule has 0 radical (unpaired) electrons. The van der Waals surface area contributed by atoms with Crippen LogP contribution in [-0.2, 0) is 0 Å². The lowest BCUT2D eigenvalue weighted by Crippen LogP contribution is -2.30. The van der Waals surface area contributed by atoms with Crippen LogP contribution in [0.2, 0.25) is 0 Å². The summed E-state index contributed by atoms with van der Waals surface area (Å²) in [6, 6.07) is 7.61. The Hall–Kier alpha value is -1.05. The topological polar surface area (TPSA) is 45.0 Å². The third-order valence-corrected chi connectivity index (χ3v) is 3.91. The molecule has 1 aromatic rings. The van der Waals surface area contributed by atoms with E-state index in [1.54, 1.807) is 6.07 Å². The number of benzene rings is 1. The van der Waals surface area contributed by atoms with Crippen molar-refractivity contribution in [1.29, 1.82) is 5.26 Å². The number of nitrogens with one attached hydrogen (secondary N) is 1. The van der Waals surface area contributed by atoms with Crippen LogP contribution in [0.15, 0.2) is 22.7 Å². The van der Waals surface area contributed by atoms with Gasteiger partial charge in [-0.15, -0.1) is 0 Å². The largest absolute Gasteiger partial charge is 0.494 e. The zero-order valence-corrected chi connectivity index (χ0v) is 11.9. The summed E-state index contributed by atoms with van der Waals surface area (Å²) in [6.07, 6.45) is 3.66. The average Bonchev–Trinajstić information content (AvgIpc) is 2.40. The van der Waals surface area contributed by atoms with Gasteiger partial charge in [-0.25, -0.2) is 0 Å². The maximum absolute atomic E-state index is 8.83. The molecule has 1 aliphatic heterocycles. The molecule has 1 heterocycles. The van der Waals surface area contributed by atoms with Gasteiger partial charge in [0, 0.05) is 4.47 Å². The highest BCUT2D eigenvalue weighted by molar-refractivity contribution is 9.10. The summed E-state index contributed by atoms with van der Waals surface area (Å²) in [5.74, 6) is 1.56. The Morgan fingerprint density at radius 3 is 3.06 bits per heavy atom. The van der Waals surface area contributed by atoms with Crippen molar-refractivity contribution in [1.82, 2.24) is 5.32 Å². The van der Waals surface area contributed by atoms with Crippen LogP contribution in [0.25, 0.3) is 0 Å². The van der Waals surface area contributed by atoms with Crippen LogP contribution < -0.4 is 10.1 Å². The van der Waals surface area contributed by atoms with E-state index in [-0.39, 0.29) is 0 Å². The third kappa shape index (κ3) is 3.72. The lowest BCUT2D eigenvalue weighted by atomic mass is 9.97. The predicted molar refractivity (Wildman–Crippen MR) is 74.6 cm³/mol. The molecule has 1 atom stereocenters. The van der Waals surface area contributed by atoms with E-state index >= 15 is 0 Å². The second-order valence-corrected chi connectivity index (χ2v) is 5.46. The summed E-state index contributed by atoms with van der Waals surface area (Å²) in [4.78, 5) is 0. The van der Waals surface area contributed by atoms with E-state index in [2.05, 4.69) is 27.3 Å². The molecule has 0 saturated carbocycles. The van der Waals surface area contributed by atoms with Crippen molar-refractivity contribution in [3.63, 3.8) is 0 Å². The van der Waals surface area contributed by atoms with Crippen molar-refractivity contribution < 1.29 is 4.74 Å². The molecule has 2 rings (SSSR count). The van der Waals surface area contributed by atoms with E-state index in [4.69, 9.17) is 10.00 Å². The fourth-order valence-electron chi connectivity index (χ4n) is 2.19. The maximum atomic E-state index is 8.83. The van der Waals surface area contributed by atoms with Gasteiger partial charge >= 0.3 is 0 Å². The summed E-state index contributed by atoms with van der Waals surface area (Å²) in [5.41, 5.74) is 0.638. The average molecular weight is 309 g/mol. The van der Waals surface area contributed by atoms with Crippen molar-refractivity contribution in [2.75, 3.05) is 19.7 Å². The molecule has 0 aliphatic carbocycles. The Morgan fingerprint density at radius 2 is 2.39 bits per heavy atom. The van der Waals surface area contributed by atoms with Crippen LogP contribution in [0, 0.1) is 17.2 Å². The molecule has 3 nitrogen and oxygen atoms in total. The molecule has 0 spiro atoms. The minimum Gasteiger partial charge on any atom is -0.494 e. The number of rotatable bonds is 4. The first-order valence-corrected chi connectivity index (χ1v) is 7.12. The zero-order chi connectivity index (χ0) is 12.8. The van der Waals surface area contributed by atoms with Gasteiger partial charge in [-0.2, -0.15) is 5.26 Å². The van der Waals surface area contributed by atoms with Gasteiger partial charge in [0.2, 0.25) is 0 Å². The SMILES string of the molecule is N#Cc1ccc(OCCC2CCCNC2)cc1Br. The predicted octanol–water partition coefficient (Wildman–Crippen LogP) is 3.09. The van der Waals surface area contributed by atoms with E-state index in [1.165, 1.54) is 12.8 Å². The number of halogens is 1. The number of nitrogens with zero attached hydrogens (tertiary/aromatic N) is 1. The van der Waals surface area contributed by atoms with Gasteiger partial charge in [-0.3, -0.25) is 0 Å². The third-order valence-electron chi connectivity index (χ3n) is 3.25. The van der Waals surface area contributed by atoms with Crippen LogP contribution in [0.1, 0.15) is 24.8 Å². The van der Waals surface area contributed by atoms with Crippen molar-refractivity contribution in [2.24, 2.45) is 5.92 Å². The Kier molecular flexibility index (Phi) is 5.03. The highest BCUT2D eigenvalue weighted by Crippen LogP contribution is 2.23. The molecule has 18 heavy (non-hydrogen) atoms. The summed E-state index contributed by atoms with van der Waals surface area (Å²) in [5, 5.41) is 12.2. The molecule has 1 aromatic carbocycles. The van der Waals surface area contributed by atoms with Gasteiger partial charge in [-0.1, -0.05) is 0 Å². The van der Waals surface area contributed by atoms with Gasteiger partial charge in [0.15, 0.2) is 0 Å². The molecule has 0 amide bonds. The van der Waals surface area contributed by atoms with Crippen LogP contribution in [-0.4, -0.2) is 19.7 Å². The Morgan fingerprint density at radius 1 is 1.50 bits per heavy atom. The quantitative estimate of drug-likeness (QED) is 0.929. The number of hydrogen-bond donors (Lipinski definition) is 1. The van der Waals surface area contributed by atoms with E-state index < -0.39 is 0 Å². The van der Waals surface area contributed by atoms with Crippen molar-refractivity contribution in [3.8, 4) is 11.8 Å². The Bertz CT molecular complexity index is 436. The molecule has 1 N–H and O–H groups in total. The van der Waals surface area contributed by atoms with E-state index in [0.717, 1.165) is 42.3 Å². The normalized spacial score (nSPS) is 19.2. The Labute approximate surface area is 116 Å². The highest BCUT2D eigenvalue weighted by Gasteiger charge is 2.12. The molecular formula is C14H17BrN2O. The fourth-order valence-corrected chi connectivity index (χ4v) is 2.64. The van der Waals surface area contributed by atoms with Gasteiger partial charge < -0.3 is 10.1 Å². The number of ether oxygens (including phenoxy) is 1. The standard InChI is InChI=1S/C14H17BrN2O/c15-14-8-13(4-3-12(14)9-16)18-7-5-11-2-1-6-17-10-11/h3-4,8,11,17H,1-2,5-7,10H2. The highest BCUT2D eigenvalue weighted by atomic mass is 79.9. The second-order valence-electron chi connectivity index (χ2n) is 4.60. The van der Waals surface area contributed by atoms with Crippen LogP contribution >= 0.6 is 15.9 Å². The number of piperidine rings is 1. The van der Waals surface area contributed by atoms with Crippen molar-refractivity contribution >= 4 is 15.9 Å². The maximum Gasteiger partial charge on any atom is 0.120 e. The minimum atomic E-state index is 0.638. The molecule has 1 aliphatic rings. The summed E-state index contributed by atoms with van der Waals surface area (Å²) in [7, 11) is 0. The first kappa shape index (κ1) is 13.4. The lowest BCUT2D eigenvalue weighted by molar-refractivity contribution is 0.254. The van der Waals surface area contributed by atoms with E-state index in [9.17, 15) is 0 Å². The first-order valence-electron chi connectivity index (χ1n) is 6.33. The second kappa shape index (κ2) is 6.77. The van der Waals surface area contributed by atoms with Gasteiger partial charge in [0.25, 0.3) is 0 Å². The summed E-state index contributed by atoms with van der Waals surface area (Å²) < 4.78 is 6.52. The Balaban J connectivity index is 1.79. The fraction of sp³-hybridized carbons (Fsp3) is 0.500. The molecule has 96 valence electrons. The van der Waals surface area contributed by atoms with Crippen LogP contribution in [0.5, 0.6) is 5.75 Å². The lowest BCUT2D eigenvalue weighted by Gasteiger charge is -2.22. The molecule has 0 bridgehead atoms. The molecule has 0 aromatic heterocycles.